The third-order valence-corrected chi connectivity index (χ3v) is 10.5. The number of hydrogen-bond acceptors (Lipinski definition) is 5. The fourth-order valence-corrected chi connectivity index (χ4v) is 6.81. The average molecular weight is 834 g/mol. The monoisotopic (exact) mass is 834 g/mol. The molecule has 0 aliphatic rings. The number of esters is 1. The SMILES string of the molecule is CC/C=C\C/C=C\C/C=C\C/C=C\C/C=C\CCCCCC(=O)OC(CCCCC\C=C/C=C/C=C/CC)CC(=O)NC(CO)C(O)CCCCCCCCCCCCC. The Labute approximate surface area is 369 Å². The minimum absolute atomic E-state index is 0.0352. The van der Waals surface area contributed by atoms with Gasteiger partial charge in [-0.15, -0.1) is 0 Å². The summed E-state index contributed by atoms with van der Waals surface area (Å²) in [6.07, 6.45) is 61.8. The number of amides is 1. The van der Waals surface area contributed by atoms with E-state index in [4.69, 9.17) is 4.74 Å². The zero-order valence-corrected chi connectivity index (χ0v) is 38.8. The van der Waals surface area contributed by atoms with Gasteiger partial charge in [-0.1, -0.05) is 201 Å². The summed E-state index contributed by atoms with van der Waals surface area (Å²) in [4.78, 5) is 26.1. The van der Waals surface area contributed by atoms with Crippen molar-refractivity contribution in [1.29, 1.82) is 0 Å². The van der Waals surface area contributed by atoms with Crippen molar-refractivity contribution in [3.8, 4) is 0 Å². The van der Waals surface area contributed by atoms with Crippen LogP contribution in [0.5, 0.6) is 0 Å². The summed E-state index contributed by atoms with van der Waals surface area (Å²) < 4.78 is 5.88. The van der Waals surface area contributed by atoms with Crippen LogP contribution in [0.4, 0.5) is 0 Å². The molecule has 0 aromatic carbocycles. The lowest BCUT2D eigenvalue weighted by molar-refractivity contribution is -0.151. The third kappa shape index (κ3) is 41.5. The van der Waals surface area contributed by atoms with Gasteiger partial charge in [0.25, 0.3) is 0 Å². The van der Waals surface area contributed by atoms with Crippen LogP contribution >= 0.6 is 0 Å². The molecule has 3 N–H and O–H groups in total. The van der Waals surface area contributed by atoms with Crippen LogP contribution in [0, 0.1) is 0 Å². The van der Waals surface area contributed by atoms with E-state index in [9.17, 15) is 19.8 Å². The molecule has 0 aliphatic carbocycles. The van der Waals surface area contributed by atoms with Crippen LogP contribution in [0.25, 0.3) is 0 Å². The molecule has 0 bridgehead atoms. The van der Waals surface area contributed by atoms with Gasteiger partial charge in [-0.2, -0.15) is 0 Å². The molecule has 0 fully saturated rings. The Kier molecular flexibility index (Phi) is 44.3. The van der Waals surface area contributed by atoms with E-state index in [2.05, 4.69) is 111 Å². The van der Waals surface area contributed by atoms with Gasteiger partial charge in [-0.3, -0.25) is 9.59 Å². The van der Waals surface area contributed by atoms with E-state index in [1.807, 2.05) is 12.2 Å². The minimum atomic E-state index is -0.807. The van der Waals surface area contributed by atoms with Crippen LogP contribution in [-0.4, -0.2) is 46.9 Å². The van der Waals surface area contributed by atoms with Crippen LogP contribution in [0.2, 0.25) is 0 Å². The van der Waals surface area contributed by atoms with Crippen LogP contribution in [-0.2, 0) is 14.3 Å². The Hall–Kier alpha value is -3.22. The molecule has 0 radical (unpaired) electrons. The molecule has 342 valence electrons. The second-order valence-electron chi connectivity index (χ2n) is 16.2. The highest BCUT2D eigenvalue weighted by atomic mass is 16.5. The van der Waals surface area contributed by atoms with Crippen LogP contribution in [0.15, 0.2) is 97.2 Å². The largest absolute Gasteiger partial charge is 0.462 e. The topological polar surface area (TPSA) is 95.9 Å². The van der Waals surface area contributed by atoms with Crippen molar-refractivity contribution in [2.75, 3.05) is 6.61 Å². The lowest BCUT2D eigenvalue weighted by Crippen LogP contribution is -2.46. The first-order valence-electron chi connectivity index (χ1n) is 24.5. The van der Waals surface area contributed by atoms with Gasteiger partial charge in [-0.05, 0) is 89.9 Å². The number of nitrogens with one attached hydrogen (secondary N) is 1. The Morgan fingerprint density at radius 3 is 1.55 bits per heavy atom. The molecule has 3 atom stereocenters. The summed E-state index contributed by atoms with van der Waals surface area (Å²) >= 11 is 0. The summed E-state index contributed by atoms with van der Waals surface area (Å²) in [7, 11) is 0. The molecule has 0 saturated carbocycles. The normalized spacial score (nSPS) is 14.2. The number of unbranched alkanes of at least 4 members (excludes halogenated alkanes) is 16. The average Bonchev–Trinajstić information content (AvgIpc) is 3.24. The summed E-state index contributed by atoms with van der Waals surface area (Å²) in [5.74, 6) is -0.557. The number of allylic oxidation sites excluding steroid dienone is 16. The first kappa shape index (κ1) is 56.8. The van der Waals surface area contributed by atoms with E-state index in [0.717, 1.165) is 109 Å². The first-order valence-corrected chi connectivity index (χ1v) is 24.5. The van der Waals surface area contributed by atoms with Gasteiger partial charge in [0, 0.05) is 6.42 Å². The van der Waals surface area contributed by atoms with Gasteiger partial charge in [0.15, 0.2) is 0 Å². The highest BCUT2D eigenvalue weighted by Crippen LogP contribution is 2.17. The van der Waals surface area contributed by atoms with E-state index in [0.29, 0.717) is 19.3 Å². The number of carbonyl (C=O) groups is 2. The molecule has 0 rings (SSSR count). The number of carbonyl (C=O) groups excluding carboxylic acids is 2. The molecular weight excluding hydrogens is 743 g/mol. The molecule has 3 unspecified atom stereocenters. The van der Waals surface area contributed by atoms with Crippen LogP contribution < -0.4 is 5.32 Å². The molecule has 0 heterocycles. The predicted octanol–water partition coefficient (Wildman–Crippen LogP) is 14.6. The summed E-state index contributed by atoms with van der Waals surface area (Å²) in [6.45, 7) is 6.19. The molecule has 0 saturated heterocycles. The quantitative estimate of drug-likeness (QED) is 0.0246. The van der Waals surface area contributed by atoms with Gasteiger partial charge < -0.3 is 20.3 Å². The molecule has 60 heavy (non-hydrogen) atoms. The van der Waals surface area contributed by atoms with Crippen molar-refractivity contribution < 1.29 is 24.5 Å². The molecule has 0 aromatic heterocycles. The second kappa shape index (κ2) is 46.8. The fraction of sp³-hybridized carbons (Fsp3) is 0.667. The van der Waals surface area contributed by atoms with E-state index in [1.54, 1.807) is 0 Å². The fourth-order valence-electron chi connectivity index (χ4n) is 6.81. The van der Waals surface area contributed by atoms with Crippen molar-refractivity contribution in [3.63, 3.8) is 0 Å². The lowest BCUT2D eigenvalue weighted by Gasteiger charge is -2.24. The molecule has 0 aliphatic heterocycles. The maximum Gasteiger partial charge on any atom is 0.306 e. The maximum absolute atomic E-state index is 13.1. The van der Waals surface area contributed by atoms with Crippen LogP contribution in [0.3, 0.4) is 0 Å². The molecular formula is C54H91NO5. The number of aliphatic hydroxyl groups is 2. The summed E-state index contributed by atoms with van der Waals surface area (Å²) in [5, 5.41) is 23.7. The van der Waals surface area contributed by atoms with E-state index in [1.165, 1.54) is 51.4 Å². The zero-order valence-electron chi connectivity index (χ0n) is 38.8. The molecule has 6 heteroatoms. The lowest BCUT2D eigenvalue weighted by atomic mass is 10.0. The zero-order chi connectivity index (χ0) is 43.8. The van der Waals surface area contributed by atoms with Gasteiger partial charge in [0.1, 0.15) is 6.10 Å². The highest BCUT2D eigenvalue weighted by molar-refractivity contribution is 5.77. The molecule has 0 spiro atoms. The summed E-state index contributed by atoms with van der Waals surface area (Å²) in [6, 6.07) is -0.724. The number of ether oxygens (including phenoxy) is 1. The van der Waals surface area contributed by atoms with Crippen molar-refractivity contribution in [2.24, 2.45) is 0 Å². The van der Waals surface area contributed by atoms with E-state index < -0.39 is 18.2 Å². The smallest absolute Gasteiger partial charge is 0.306 e. The highest BCUT2D eigenvalue weighted by Gasteiger charge is 2.24. The molecule has 6 nitrogen and oxygen atoms in total. The number of hydrogen-bond donors (Lipinski definition) is 3. The van der Waals surface area contributed by atoms with Crippen molar-refractivity contribution >= 4 is 11.9 Å². The number of rotatable bonds is 42. The Morgan fingerprint density at radius 2 is 0.983 bits per heavy atom. The Bertz CT molecular complexity index is 1210. The van der Waals surface area contributed by atoms with Gasteiger partial charge in [0.2, 0.25) is 5.91 Å². The van der Waals surface area contributed by atoms with E-state index >= 15 is 0 Å². The van der Waals surface area contributed by atoms with E-state index in [-0.39, 0.29) is 24.9 Å². The van der Waals surface area contributed by atoms with Gasteiger partial charge in [-0.25, -0.2) is 0 Å². The Morgan fingerprint density at radius 1 is 0.517 bits per heavy atom. The van der Waals surface area contributed by atoms with Crippen molar-refractivity contribution in [3.05, 3.63) is 97.2 Å². The second-order valence-corrected chi connectivity index (χ2v) is 16.2. The minimum Gasteiger partial charge on any atom is -0.462 e. The first-order chi connectivity index (χ1) is 29.5. The van der Waals surface area contributed by atoms with Crippen molar-refractivity contribution in [2.45, 2.75) is 225 Å². The molecule has 1 amide bonds. The van der Waals surface area contributed by atoms with Gasteiger partial charge in [0.05, 0.1) is 25.2 Å². The standard InChI is InChI=1S/C54H91NO5/c1-4-7-10-13-16-19-22-23-24-25-26-27-28-29-32-35-38-41-44-47-54(59)60-50(45-42-39-36-33-30-20-17-14-11-8-5-2)48-53(58)55-51(49-56)52(57)46-43-40-37-34-31-21-18-15-12-9-6-3/h7-8,10-11,14,16-17,19-20,23-24,26-27,29-30,32,50-52,56-57H,4-6,9,12-13,15,18,21-22,25,28,31,33-49H2,1-3H3,(H,55,58)/b10-7-,11-8+,17-14+,19-16-,24-23-,27-26-,30-20-,32-29-. The predicted molar refractivity (Wildman–Crippen MR) is 259 cm³/mol. The van der Waals surface area contributed by atoms with Crippen molar-refractivity contribution in [1.82, 2.24) is 5.32 Å². The molecule has 0 aromatic rings. The Balaban J connectivity index is 4.65. The third-order valence-electron chi connectivity index (χ3n) is 10.5. The van der Waals surface area contributed by atoms with Gasteiger partial charge >= 0.3 is 5.97 Å². The summed E-state index contributed by atoms with van der Waals surface area (Å²) in [5.41, 5.74) is 0. The maximum atomic E-state index is 13.1. The van der Waals surface area contributed by atoms with Crippen LogP contribution in [0.1, 0.15) is 207 Å². The number of aliphatic hydroxyl groups excluding tert-OH is 2.